The van der Waals surface area contributed by atoms with Crippen molar-refractivity contribution in [2.45, 2.75) is 18.6 Å². The molecule has 0 bridgehead atoms. The van der Waals surface area contributed by atoms with E-state index >= 15 is 0 Å². The monoisotopic (exact) mass is 287 g/mol. The molecule has 2 atom stereocenters. The van der Waals surface area contributed by atoms with E-state index in [9.17, 15) is 4.39 Å². The zero-order valence-electron chi connectivity index (χ0n) is 11.8. The van der Waals surface area contributed by atoms with Crippen LogP contribution in [-0.4, -0.2) is 24.9 Å². The number of hydrogen-bond donors (Lipinski definition) is 2. The average Bonchev–Trinajstić information content (AvgIpc) is 2.53. The number of ether oxygens (including phenoxy) is 1. The number of rotatable bonds is 4. The average molecular weight is 287 g/mol. The maximum absolute atomic E-state index is 13.1. The first kappa shape index (κ1) is 14.0. The van der Waals surface area contributed by atoms with Gasteiger partial charge >= 0.3 is 0 Å². The largest absolute Gasteiger partial charge is 0.385 e. The normalized spacial score (nSPS) is 20.7. The fraction of sp³-hybridized carbons (Fsp3) is 0.312. The highest BCUT2D eigenvalue weighted by Gasteiger charge is 2.26. The Bertz CT molecular complexity index is 603. The van der Waals surface area contributed by atoms with Crippen LogP contribution in [0.25, 0.3) is 0 Å². The summed E-state index contributed by atoms with van der Waals surface area (Å²) in [5.74, 6) is -0.227. The number of benzene rings is 1. The maximum Gasteiger partial charge on any atom is 0.123 e. The molecular weight excluding hydrogens is 269 g/mol. The third-order valence-corrected chi connectivity index (χ3v) is 3.67. The van der Waals surface area contributed by atoms with E-state index in [4.69, 9.17) is 4.74 Å². The van der Waals surface area contributed by atoms with Crippen LogP contribution < -0.4 is 10.6 Å². The van der Waals surface area contributed by atoms with Crippen molar-refractivity contribution in [2.24, 2.45) is 0 Å². The Morgan fingerprint density at radius 3 is 2.81 bits per heavy atom. The summed E-state index contributed by atoms with van der Waals surface area (Å²) in [7, 11) is 1.69. The number of pyridine rings is 1. The molecule has 21 heavy (non-hydrogen) atoms. The van der Waals surface area contributed by atoms with Gasteiger partial charge < -0.3 is 10.1 Å². The first-order chi connectivity index (χ1) is 10.3. The molecule has 0 spiro atoms. The predicted molar refractivity (Wildman–Crippen MR) is 79.5 cm³/mol. The lowest BCUT2D eigenvalue weighted by Crippen LogP contribution is -2.44. The van der Waals surface area contributed by atoms with E-state index in [1.54, 1.807) is 13.3 Å². The highest BCUT2D eigenvalue weighted by atomic mass is 19.1. The second-order valence-electron chi connectivity index (χ2n) is 5.09. The third kappa shape index (κ3) is 3.04. The van der Waals surface area contributed by atoms with Gasteiger partial charge in [0, 0.05) is 43.8 Å². The van der Waals surface area contributed by atoms with E-state index in [2.05, 4.69) is 15.6 Å². The molecule has 1 aliphatic heterocycles. The van der Waals surface area contributed by atoms with Crippen LogP contribution in [-0.2, 0) is 4.74 Å². The summed E-state index contributed by atoms with van der Waals surface area (Å²) in [6.07, 6.45) is 4.56. The molecule has 2 heterocycles. The summed E-state index contributed by atoms with van der Waals surface area (Å²) < 4.78 is 18.3. The van der Waals surface area contributed by atoms with Crippen LogP contribution in [0.4, 0.5) is 10.1 Å². The molecule has 5 heteroatoms. The molecule has 1 aromatic heterocycles. The van der Waals surface area contributed by atoms with Gasteiger partial charge in [-0.2, -0.15) is 0 Å². The van der Waals surface area contributed by atoms with Crippen LogP contribution in [0.5, 0.6) is 0 Å². The number of anilines is 1. The zero-order chi connectivity index (χ0) is 14.7. The van der Waals surface area contributed by atoms with Gasteiger partial charge in [-0.25, -0.2) is 4.39 Å². The standard InChI is InChI=1S/C16H18FN3O/c1-21-9-7-15-19-14-6-8-18-10-13(14)16(20-15)11-2-4-12(17)5-3-11/h2-6,8,10,15-16,19-20H,7,9H2,1H3. The summed E-state index contributed by atoms with van der Waals surface area (Å²) in [4.78, 5) is 4.20. The van der Waals surface area contributed by atoms with Gasteiger partial charge in [0.15, 0.2) is 0 Å². The van der Waals surface area contributed by atoms with Gasteiger partial charge in [0.05, 0.1) is 12.2 Å². The molecule has 0 radical (unpaired) electrons. The molecule has 2 unspecified atom stereocenters. The van der Waals surface area contributed by atoms with Crippen molar-refractivity contribution in [3.05, 3.63) is 59.7 Å². The molecule has 3 rings (SSSR count). The Kier molecular flexibility index (Phi) is 4.13. The minimum atomic E-state index is -0.227. The fourth-order valence-corrected chi connectivity index (χ4v) is 2.61. The zero-order valence-corrected chi connectivity index (χ0v) is 11.8. The van der Waals surface area contributed by atoms with Crippen LogP contribution >= 0.6 is 0 Å². The molecule has 0 aliphatic carbocycles. The number of methoxy groups -OCH3 is 1. The summed E-state index contributed by atoms with van der Waals surface area (Å²) in [5.41, 5.74) is 3.14. The van der Waals surface area contributed by atoms with Crippen molar-refractivity contribution >= 4 is 5.69 Å². The van der Waals surface area contributed by atoms with Gasteiger partial charge in [0.25, 0.3) is 0 Å². The van der Waals surface area contributed by atoms with Crippen LogP contribution in [0.3, 0.4) is 0 Å². The van der Waals surface area contributed by atoms with E-state index in [-0.39, 0.29) is 18.0 Å². The lowest BCUT2D eigenvalue weighted by atomic mass is 9.96. The fourth-order valence-electron chi connectivity index (χ4n) is 2.61. The van der Waals surface area contributed by atoms with E-state index in [1.807, 2.05) is 24.4 Å². The Hall–Kier alpha value is -1.98. The number of halogens is 1. The number of nitrogens with zero attached hydrogens (tertiary/aromatic N) is 1. The topological polar surface area (TPSA) is 46.2 Å². The highest BCUT2D eigenvalue weighted by Crippen LogP contribution is 2.32. The van der Waals surface area contributed by atoms with Crippen molar-refractivity contribution in [3.8, 4) is 0 Å². The predicted octanol–water partition coefficient (Wildman–Crippen LogP) is 2.69. The first-order valence-electron chi connectivity index (χ1n) is 6.99. The van der Waals surface area contributed by atoms with Gasteiger partial charge in [0.1, 0.15) is 5.82 Å². The van der Waals surface area contributed by atoms with Crippen LogP contribution in [0.1, 0.15) is 23.6 Å². The summed E-state index contributed by atoms with van der Waals surface area (Å²) in [5, 5.41) is 6.96. The molecule has 2 aromatic rings. The van der Waals surface area contributed by atoms with E-state index in [0.29, 0.717) is 6.61 Å². The Morgan fingerprint density at radius 1 is 1.24 bits per heavy atom. The van der Waals surface area contributed by atoms with Crippen LogP contribution in [0, 0.1) is 5.82 Å². The minimum absolute atomic E-state index is 0.00240. The van der Waals surface area contributed by atoms with Crippen molar-refractivity contribution in [3.63, 3.8) is 0 Å². The lowest BCUT2D eigenvalue weighted by Gasteiger charge is -2.34. The SMILES string of the molecule is COCCC1Nc2ccncc2C(c2ccc(F)cc2)N1. The molecule has 1 aliphatic rings. The molecule has 0 fully saturated rings. The van der Waals surface area contributed by atoms with Crippen LogP contribution in [0.2, 0.25) is 0 Å². The number of aromatic nitrogens is 1. The summed E-state index contributed by atoms with van der Waals surface area (Å²) in [6, 6.07) is 8.55. The number of hydrogen-bond acceptors (Lipinski definition) is 4. The molecule has 2 N–H and O–H groups in total. The minimum Gasteiger partial charge on any atom is -0.385 e. The summed E-state index contributed by atoms with van der Waals surface area (Å²) >= 11 is 0. The molecule has 0 amide bonds. The van der Waals surface area contributed by atoms with Crippen molar-refractivity contribution in [1.82, 2.24) is 10.3 Å². The van der Waals surface area contributed by atoms with Gasteiger partial charge in [-0.05, 0) is 23.8 Å². The van der Waals surface area contributed by atoms with Crippen molar-refractivity contribution in [1.29, 1.82) is 0 Å². The lowest BCUT2D eigenvalue weighted by molar-refractivity contribution is 0.184. The second-order valence-corrected chi connectivity index (χ2v) is 5.09. The maximum atomic E-state index is 13.1. The molecule has 4 nitrogen and oxygen atoms in total. The molecule has 0 saturated heterocycles. The molecule has 0 saturated carbocycles. The third-order valence-electron chi connectivity index (χ3n) is 3.67. The number of nitrogens with one attached hydrogen (secondary N) is 2. The molecule has 110 valence electrons. The van der Waals surface area contributed by atoms with E-state index < -0.39 is 0 Å². The van der Waals surface area contributed by atoms with Gasteiger partial charge in [-0.1, -0.05) is 12.1 Å². The van der Waals surface area contributed by atoms with Crippen LogP contribution in [0.15, 0.2) is 42.7 Å². The quantitative estimate of drug-likeness (QED) is 0.907. The molecule has 1 aromatic carbocycles. The van der Waals surface area contributed by atoms with E-state index in [1.165, 1.54) is 12.1 Å². The van der Waals surface area contributed by atoms with Crippen molar-refractivity contribution in [2.75, 3.05) is 19.0 Å². The molecular formula is C16H18FN3O. The first-order valence-corrected chi connectivity index (χ1v) is 6.99. The van der Waals surface area contributed by atoms with E-state index in [0.717, 1.165) is 23.2 Å². The Balaban J connectivity index is 1.92. The number of fused-ring (bicyclic) bond motifs is 1. The van der Waals surface area contributed by atoms with Crippen molar-refractivity contribution < 1.29 is 9.13 Å². The Labute approximate surface area is 123 Å². The van der Waals surface area contributed by atoms with Gasteiger partial charge in [0.2, 0.25) is 0 Å². The van der Waals surface area contributed by atoms with Gasteiger partial charge in [-0.3, -0.25) is 10.3 Å². The summed E-state index contributed by atoms with van der Waals surface area (Å²) in [6.45, 7) is 0.668. The Morgan fingerprint density at radius 2 is 2.05 bits per heavy atom. The van der Waals surface area contributed by atoms with Gasteiger partial charge in [-0.15, -0.1) is 0 Å². The highest BCUT2D eigenvalue weighted by molar-refractivity contribution is 5.56. The smallest absolute Gasteiger partial charge is 0.123 e. The second kappa shape index (κ2) is 6.20.